The second-order valence-electron chi connectivity index (χ2n) is 4.33. The van der Waals surface area contributed by atoms with Crippen LogP contribution in [0.2, 0.25) is 8.67 Å². The fraction of sp³-hybridized carbons (Fsp3) is 0.286. The summed E-state index contributed by atoms with van der Waals surface area (Å²) in [5, 5.41) is 3.41. The molecule has 19 heavy (non-hydrogen) atoms. The van der Waals surface area contributed by atoms with E-state index in [1.165, 1.54) is 11.3 Å². The van der Waals surface area contributed by atoms with E-state index in [-0.39, 0.29) is 6.04 Å². The minimum absolute atomic E-state index is 0.101. The molecule has 1 atom stereocenters. The average Bonchev–Trinajstić information content (AvgIpc) is 2.69. The first-order chi connectivity index (χ1) is 9.01. The van der Waals surface area contributed by atoms with Crippen molar-refractivity contribution in [3.8, 4) is 5.75 Å². The van der Waals surface area contributed by atoms with Gasteiger partial charge in [-0.3, -0.25) is 0 Å². The lowest BCUT2D eigenvalue weighted by atomic mass is 10.1. The van der Waals surface area contributed by atoms with Crippen LogP contribution in [0.1, 0.15) is 24.1 Å². The third kappa shape index (κ3) is 3.35. The summed E-state index contributed by atoms with van der Waals surface area (Å²) in [7, 11) is 1.67. The van der Waals surface area contributed by atoms with Gasteiger partial charge in [0.1, 0.15) is 5.75 Å². The van der Waals surface area contributed by atoms with E-state index in [0.29, 0.717) is 4.34 Å². The van der Waals surface area contributed by atoms with E-state index in [4.69, 9.17) is 27.9 Å². The molecular weight excluding hydrogens is 301 g/mol. The predicted octanol–water partition coefficient (Wildman–Crippen LogP) is 5.55. The van der Waals surface area contributed by atoms with Gasteiger partial charge in [0.05, 0.1) is 21.8 Å². The lowest BCUT2D eigenvalue weighted by molar-refractivity contribution is 0.412. The Bertz CT molecular complexity index is 583. The molecule has 0 saturated carbocycles. The maximum atomic E-state index is 6.16. The zero-order chi connectivity index (χ0) is 14.0. The van der Waals surface area contributed by atoms with Crippen molar-refractivity contribution in [3.05, 3.63) is 44.1 Å². The molecule has 5 heteroatoms. The van der Waals surface area contributed by atoms with Gasteiger partial charge in [-0.15, -0.1) is 11.3 Å². The molecule has 1 unspecified atom stereocenters. The second kappa shape index (κ2) is 6.04. The van der Waals surface area contributed by atoms with Gasteiger partial charge in [-0.25, -0.2) is 0 Å². The zero-order valence-electron chi connectivity index (χ0n) is 11.0. The maximum absolute atomic E-state index is 6.16. The third-order valence-corrected chi connectivity index (χ3v) is 4.45. The fourth-order valence-corrected chi connectivity index (χ4v) is 3.59. The Balaban J connectivity index is 2.17. The van der Waals surface area contributed by atoms with Gasteiger partial charge < -0.3 is 10.1 Å². The van der Waals surface area contributed by atoms with Gasteiger partial charge in [-0.05, 0) is 43.7 Å². The molecule has 2 aromatic rings. The summed E-state index contributed by atoms with van der Waals surface area (Å²) < 4.78 is 6.69. The largest absolute Gasteiger partial charge is 0.496 e. The van der Waals surface area contributed by atoms with Crippen molar-refractivity contribution in [2.75, 3.05) is 12.4 Å². The first-order valence-electron chi connectivity index (χ1n) is 5.87. The van der Waals surface area contributed by atoms with E-state index < -0.39 is 0 Å². The summed E-state index contributed by atoms with van der Waals surface area (Å²) in [4.78, 5) is 0. The van der Waals surface area contributed by atoms with E-state index >= 15 is 0 Å². The standard InChI is InChI=1S/C14H15Cl2NOS/c1-8-6-10(4-5-12(8)18-3)17-9(2)11-7-13(15)19-14(11)16/h4-7,9,17H,1-3H3. The van der Waals surface area contributed by atoms with Crippen molar-refractivity contribution < 1.29 is 4.74 Å². The first kappa shape index (κ1) is 14.5. The number of rotatable bonds is 4. The van der Waals surface area contributed by atoms with Crippen LogP contribution in [0.3, 0.4) is 0 Å². The zero-order valence-corrected chi connectivity index (χ0v) is 13.3. The molecule has 0 bridgehead atoms. The predicted molar refractivity (Wildman–Crippen MR) is 84.1 cm³/mol. The molecular formula is C14H15Cl2NOS. The van der Waals surface area contributed by atoms with Gasteiger partial charge in [0.25, 0.3) is 0 Å². The normalized spacial score (nSPS) is 12.3. The minimum atomic E-state index is 0.101. The highest BCUT2D eigenvalue weighted by molar-refractivity contribution is 7.20. The number of thiophene rings is 1. The van der Waals surface area contributed by atoms with Gasteiger partial charge in [-0.2, -0.15) is 0 Å². The fourth-order valence-electron chi connectivity index (χ4n) is 1.94. The number of aryl methyl sites for hydroxylation is 1. The highest BCUT2D eigenvalue weighted by Crippen LogP contribution is 2.36. The Morgan fingerprint density at radius 2 is 2.00 bits per heavy atom. The van der Waals surface area contributed by atoms with Gasteiger partial charge in [-0.1, -0.05) is 23.2 Å². The minimum Gasteiger partial charge on any atom is -0.496 e. The summed E-state index contributed by atoms with van der Waals surface area (Å²) >= 11 is 13.5. The highest BCUT2D eigenvalue weighted by Gasteiger charge is 2.13. The first-order valence-corrected chi connectivity index (χ1v) is 7.44. The van der Waals surface area contributed by atoms with Gasteiger partial charge in [0, 0.05) is 11.3 Å². The molecule has 0 amide bonds. The van der Waals surface area contributed by atoms with E-state index in [0.717, 1.165) is 26.9 Å². The molecule has 0 saturated heterocycles. The van der Waals surface area contributed by atoms with Crippen LogP contribution >= 0.6 is 34.5 Å². The molecule has 0 aliphatic rings. The number of ether oxygens (including phenoxy) is 1. The van der Waals surface area contributed by atoms with Crippen molar-refractivity contribution in [3.63, 3.8) is 0 Å². The van der Waals surface area contributed by atoms with Crippen molar-refractivity contribution in [1.29, 1.82) is 0 Å². The molecule has 102 valence electrons. The molecule has 0 aliphatic heterocycles. The van der Waals surface area contributed by atoms with Crippen LogP contribution in [0.5, 0.6) is 5.75 Å². The van der Waals surface area contributed by atoms with Crippen LogP contribution in [-0.2, 0) is 0 Å². The van der Waals surface area contributed by atoms with E-state index in [1.54, 1.807) is 7.11 Å². The average molecular weight is 316 g/mol. The second-order valence-corrected chi connectivity index (χ2v) is 6.62. The van der Waals surface area contributed by atoms with E-state index in [1.807, 2.05) is 25.1 Å². The van der Waals surface area contributed by atoms with Crippen molar-refractivity contribution in [1.82, 2.24) is 0 Å². The third-order valence-electron chi connectivity index (χ3n) is 2.93. The van der Waals surface area contributed by atoms with Crippen LogP contribution in [0.25, 0.3) is 0 Å². The molecule has 2 rings (SSSR count). The molecule has 0 fully saturated rings. The quantitative estimate of drug-likeness (QED) is 0.799. The monoisotopic (exact) mass is 315 g/mol. The number of hydrogen-bond donors (Lipinski definition) is 1. The number of methoxy groups -OCH3 is 1. The summed E-state index contributed by atoms with van der Waals surface area (Å²) in [6.45, 7) is 4.08. The van der Waals surface area contributed by atoms with Gasteiger partial charge in [0.15, 0.2) is 0 Å². The van der Waals surface area contributed by atoms with Crippen LogP contribution in [0.15, 0.2) is 24.3 Å². The maximum Gasteiger partial charge on any atom is 0.121 e. The summed E-state index contributed by atoms with van der Waals surface area (Å²) in [5.74, 6) is 0.884. The van der Waals surface area contributed by atoms with E-state index in [9.17, 15) is 0 Å². The lowest BCUT2D eigenvalue weighted by Crippen LogP contribution is -2.06. The number of anilines is 1. The topological polar surface area (TPSA) is 21.3 Å². The molecule has 1 heterocycles. The molecule has 0 spiro atoms. The summed E-state index contributed by atoms with van der Waals surface area (Å²) in [6.07, 6.45) is 0. The van der Waals surface area contributed by atoms with Crippen molar-refractivity contribution >= 4 is 40.2 Å². The van der Waals surface area contributed by atoms with Gasteiger partial charge >= 0.3 is 0 Å². The van der Waals surface area contributed by atoms with Crippen molar-refractivity contribution in [2.45, 2.75) is 19.9 Å². The van der Waals surface area contributed by atoms with Crippen molar-refractivity contribution in [2.24, 2.45) is 0 Å². The summed E-state index contributed by atoms with van der Waals surface area (Å²) in [5.41, 5.74) is 3.14. The van der Waals surface area contributed by atoms with Gasteiger partial charge in [0.2, 0.25) is 0 Å². The highest BCUT2D eigenvalue weighted by atomic mass is 35.5. The Morgan fingerprint density at radius 1 is 1.26 bits per heavy atom. The molecule has 1 aromatic heterocycles. The molecule has 1 N–H and O–H groups in total. The van der Waals surface area contributed by atoms with Crippen LogP contribution in [0, 0.1) is 6.92 Å². The van der Waals surface area contributed by atoms with Crippen LogP contribution < -0.4 is 10.1 Å². The van der Waals surface area contributed by atoms with Crippen LogP contribution in [0.4, 0.5) is 5.69 Å². The Kier molecular flexibility index (Phi) is 4.61. The number of halogens is 2. The number of nitrogens with one attached hydrogen (secondary N) is 1. The van der Waals surface area contributed by atoms with Crippen LogP contribution in [-0.4, -0.2) is 7.11 Å². The molecule has 0 aliphatic carbocycles. The number of benzene rings is 1. The molecule has 0 radical (unpaired) electrons. The van der Waals surface area contributed by atoms with E-state index in [2.05, 4.69) is 18.3 Å². The SMILES string of the molecule is COc1ccc(NC(C)c2cc(Cl)sc2Cl)cc1C. The Hall–Kier alpha value is -0.900. The molecule has 1 aromatic carbocycles. The number of hydrogen-bond acceptors (Lipinski definition) is 3. The lowest BCUT2D eigenvalue weighted by Gasteiger charge is -2.16. The summed E-state index contributed by atoms with van der Waals surface area (Å²) in [6, 6.07) is 8.00. The smallest absolute Gasteiger partial charge is 0.121 e. The Labute approximate surface area is 127 Å². The molecule has 2 nitrogen and oxygen atoms in total. The Morgan fingerprint density at radius 3 is 2.53 bits per heavy atom.